The average Bonchev–Trinajstić information content (AvgIpc) is 3.07. The van der Waals surface area contributed by atoms with Crippen molar-refractivity contribution >= 4 is 0 Å². The fourth-order valence-corrected chi connectivity index (χ4v) is 2.36. The Morgan fingerprint density at radius 1 is 1.27 bits per heavy atom. The van der Waals surface area contributed by atoms with Gasteiger partial charge in [0.25, 0.3) is 0 Å². The van der Waals surface area contributed by atoms with Crippen molar-refractivity contribution in [3.63, 3.8) is 0 Å². The Hall–Kier alpha value is -0.120. The van der Waals surface area contributed by atoms with E-state index in [9.17, 15) is 0 Å². The summed E-state index contributed by atoms with van der Waals surface area (Å²) in [4.78, 5) is 2.55. The van der Waals surface area contributed by atoms with Crippen molar-refractivity contribution in [1.29, 1.82) is 0 Å². The minimum absolute atomic E-state index is 0.698. The Morgan fingerprint density at radius 2 is 2.00 bits per heavy atom. The molecule has 0 spiro atoms. The molecule has 1 saturated heterocycles. The minimum Gasteiger partial charge on any atom is -0.315 e. The highest BCUT2D eigenvalue weighted by Crippen LogP contribution is 2.47. The third kappa shape index (κ3) is 3.44. The normalized spacial score (nSPS) is 25.4. The first-order chi connectivity index (χ1) is 7.35. The first-order valence-electron chi connectivity index (χ1n) is 6.48. The molecule has 0 bridgehead atoms. The summed E-state index contributed by atoms with van der Waals surface area (Å²) in [6, 6.07) is 0. The van der Waals surface area contributed by atoms with Gasteiger partial charge in [0.15, 0.2) is 0 Å². The molecule has 15 heavy (non-hydrogen) atoms. The van der Waals surface area contributed by atoms with Crippen molar-refractivity contribution in [3.05, 3.63) is 0 Å². The summed E-state index contributed by atoms with van der Waals surface area (Å²) in [6.45, 7) is 10.7. The van der Waals surface area contributed by atoms with Gasteiger partial charge in [-0.15, -0.1) is 0 Å². The number of nitrogens with one attached hydrogen (secondary N) is 2. The number of hydrogen-bond donors (Lipinski definition) is 2. The van der Waals surface area contributed by atoms with Crippen molar-refractivity contribution in [1.82, 2.24) is 15.5 Å². The van der Waals surface area contributed by atoms with Gasteiger partial charge in [-0.2, -0.15) is 0 Å². The molecule has 2 N–H and O–H groups in total. The molecule has 1 aliphatic carbocycles. The topological polar surface area (TPSA) is 27.3 Å². The summed E-state index contributed by atoms with van der Waals surface area (Å²) < 4.78 is 0. The van der Waals surface area contributed by atoms with Gasteiger partial charge in [0.05, 0.1) is 0 Å². The Morgan fingerprint density at radius 3 is 2.60 bits per heavy atom. The monoisotopic (exact) mass is 211 g/mol. The molecule has 1 aliphatic heterocycles. The highest BCUT2D eigenvalue weighted by Gasteiger charge is 2.39. The quantitative estimate of drug-likeness (QED) is 0.632. The van der Waals surface area contributed by atoms with Crippen LogP contribution in [0.15, 0.2) is 0 Å². The van der Waals surface area contributed by atoms with E-state index in [-0.39, 0.29) is 0 Å². The van der Waals surface area contributed by atoms with Crippen LogP contribution in [-0.4, -0.2) is 50.7 Å². The Labute approximate surface area is 93.6 Å². The molecular formula is C12H25N3. The van der Waals surface area contributed by atoms with Gasteiger partial charge >= 0.3 is 0 Å². The Kier molecular flexibility index (Phi) is 4.00. The highest BCUT2D eigenvalue weighted by molar-refractivity contribution is 4.93. The molecule has 0 radical (unpaired) electrons. The van der Waals surface area contributed by atoms with Crippen LogP contribution in [0.4, 0.5) is 0 Å². The van der Waals surface area contributed by atoms with Gasteiger partial charge < -0.3 is 10.6 Å². The SMILES string of the molecule is CCC1(CNCCN2CCNCC2)CC1. The predicted octanol–water partition coefficient (Wildman–Crippen LogP) is 0.671. The van der Waals surface area contributed by atoms with E-state index in [1.54, 1.807) is 0 Å². The lowest BCUT2D eigenvalue weighted by Crippen LogP contribution is -2.46. The zero-order valence-electron chi connectivity index (χ0n) is 10.0. The molecule has 0 atom stereocenters. The zero-order chi connectivity index (χ0) is 10.6. The molecule has 0 amide bonds. The fourth-order valence-electron chi connectivity index (χ4n) is 2.36. The summed E-state index contributed by atoms with van der Waals surface area (Å²) in [6.07, 6.45) is 4.25. The van der Waals surface area contributed by atoms with Crippen LogP contribution in [0.5, 0.6) is 0 Å². The zero-order valence-corrected chi connectivity index (χ0v) is 10.0. The molecule has 3 heteroatoms. The molecule has 1 saturated carbocycles. The lowest BCUT2D eigenvalue weighted by molar-refractivity contribution is 0.239. The van der Waals surface area contributed by atoms with Crippen molar-refractivity contribution in [3.8, 4) is 0 Å². The average molecular weight is 211 g/mol. The second-order valence-electron chi connectivity index (χ2n) is 5.12. The van der Waals surface area contributed by atoms with Gasteiger partial charge in [0.1, 0.15) is 0 Å². The van der Waals surface area contributed by atoms with Crippen LogP contribution in [0, 0.1) is 5.41 Å². The molecule has 0 aromatic carbocycles. The van der Waals surface area contributed by atoms with Crippen LogP contribution in [0.25, 0.3) is 0 Å². The van der Waals surface area contributed by atoms with Gasteiger partial charge in [-0.05, 0) is 24.7 Å². The van der Waals surface area contributed by atoms with Crippen molar-refractivity contribution in [2.75, 3.05) is 45.8 Å². The molecule has 88 valence electrons. The van der Waals surface area contributed by atoms with Crippen LogP contribution in [-0.2, 0) is 0 Å². The van der Waals surface area contributed by atoms with Gasteiger partial charge in [0.2, 0.25) is 0 Å². The Bertz CT molecular complexity index is 183. The van der Waals surface area contributed by atoms with Crippen molar-refractivity contribution < 1.29 is 0 Å². The fraction of sp³-hybridized carbons (Fsp3) is 1.00. The summed E-state index contributed by atoms with van der Waals surface area (Å²) in [5.74, 6) is 0. The van der Waals surface area contributed by atoms with Gasteiger partial charge in [-0.25, -0.2) is 0 Å². The summed E-state index contributed by atoms with van der Waals surface area (Å²) in [7, 11) is 0. The van der Waals surface area contributed by atoms with E-state index < -0.39 is 0 Å². The molecule has 2 rings (SSSR count). The van der Waals surface area contributed by atoms with Crippen LogP contribution in [0.1, 0.15) is 26.2 Å². The third-order valence-corrected chi connectivity index (χ3v) is 4.02. The van der Waals surface area contributed by atoms with E-state index in [1.807, 2.05) is 0 Å². The molecule has 3 nitrogen and oxygen atoms in total. The lowest BCUT2D eigenvalue weighted by Gasteiger charge is -2.27. The molecule has 1 heterocycles. The number of piperazine rings is 1. The van der Waals surface area contributed by atoms with Gasteiger partial charge in [0, 0.05) is 45.8 Å². The highest BCUT2D eigenvalue weighted by atomic mass is 15.2. The van der Waals surface area contributed by atoms with E-state index >= 15 is 0 Å². The van der Waals surface area contributed by atoms with E-state index in [0.717, 1.165) is 0 Å². The molecule has 2 aliphatic rings. The first kappa shape index (κ1) is 11.4. The molecule has 0 unspecified atom stereocenters. The van der Waals surface area contributed by atoms with E-state index in [2.05, 4.69) is 22.5 Å². The van der Waals surface area contributed by atoms with E-state index in [1.165, 1.54) is 65.1 Å². The third-order valence-electron chi connectivity index (χ3n) is 4.02. The van der Waals surface area contributed by atoms with Crippen molar-refractivity contribution in [2.24, 2.45) is 5.41 Å². The van der Waals surface area contributed by atoms with E-state index in [4.69, 9.17) is 0 Å². The second-order valence-corrected chi connectivity index (χ2v) is 5.12. The van der Waals surface area contributed by atoms with Gasteiger partial charge in [-0.1, -0.05) is 6.92 Å². The second kappa shape index (κ2) is 5.28. The van der Waals surface area contributed by atoms with Gasteiger partial charge in [-0.3, -0.25) is 4.90 Å². The standard InChI is InChI=1S/C12H25N3/c1-2-12(3-4-12)11-14-7-10-15-8-5-13-6-9-15/h13-14H,2-11H2,1H3. The van der Waals surface area contributed by atoms with Crippen LogP contribution < -0.4 is 10.6 Å². The largest absolute Gasteiger partial charge is 0.315 e. The molecule has 0 aromatic heterocycles. The number of rotatable bonds is 6. The first-order valence-corrected chi connectivity index (χ1v) is 6.48. The van der Waals surface area contributed by atoms with Crippen LogP contribution in [0.3, 0.4) is 0 Å². The molecular weight excluding hydrogens is 186 g/mol. The summed E-state index contributed by atoms with van der Waals surface area (Å²) in [5, 5.41) is 7.01. The molecule has 0 aromatic rings. The van der Waals surface area contributed by atoms with Crippen molar-refractivity contribution in [2.45, 2.75) is 26.2 Å². The lowest BCUT2D eigenvalue weighted by atomic mass is 10.0. The summed E-state index contributed by atoms with van der Waals surface area (Å²) >= 11 is 0. The summed E-state index contributed by atoms with van der Waals surface area (Å²) in [5.41, 5.74) is 0.698. The van der Waals surface area contributed by atoms with E-state index in [0.29, 0.717) is 5.41 Å². The maximum Gasteiger partial charge on any atom is 0.0108 e. The Balaban J connectivity index is 1.51. The maximum absolute atomic E-state index is 3.62. The maximum atomic E-state index is 3.62. The predicted molar refractivity (Wildman–Crippen MR) is 64.1 cm³/mol. The number of hydrogen-bond acceptors (Lipinski definition) is 3. The number of nitrogens with zero attached hydrogens (tertiary/aromatic N) is 1. The van der Waals surface area contributed by atoms with Crippen LogP contribution in [0.2, 0.25) is 0 Å². The molecule has 2 fully saturated rings. The minimum atomic E-state index is 0.698. The van der Waals surface area contributed by atoms with Crippen LogP contribution >= 0.6 is 0 Å². The smallest absolute Gasteiger partial charge is 0.0108 e.